The van der Waals surface area contributed by atoms with Gasteiger partial charge in [0.25, 0.3) is 0 Å². The number of aromatic nitrogens is 2. The van der Waals surface area contributed by atoms with Crippen LogP contribution >= 0.6 is 12.6 Å². The number of thiol groups is 1. The number of anilines is 5. The van der Waals surface area contributed by atoms with Crippen LogP contribution in [0.4, 0.5) is 28.8 Å². The predicted molar refractivity (Wildman–Crippen MR) is 125 cm³/mol. The fourth-order valence-electron chi connectivity index (χ4n) is 3.41. The van der Waals surface area contributed by atoms with E-state index >= 15 is 0 Å². The molecule has 9 heteroatoms. The van der Waals surface area contributed by atoms with Crippen LogP contribution in [0.3, 0.4) is 0 Å². The van der Waals surface area contributed by atoms with E-state index in [9.17, 15) is 4.79 Å². The number of aryl methyl sites for hydroxylation is 1. The molecule has 1 fully saturated rings. The molecule has 0 radical (unpaired) electrons. The van der Waals surface area contributed by atoms with E-state index in [1.54, 1.807) is 6.20 Å². The standard InChI is InChI=1S/C22H24N6O2S/c1-15-12-23-22(26-21(15)24-17-3-2-4-19(31)11-17)25-16-5-7-18(8-6-16)28-10-9-27(14-28)13-20(29)30/h2-8,11-12,31H,9-10,13-14H2,1H3,(H,29,30)(H2,23,24,25,26). The normalized spacial score (nSPS) is 13.9. The molecule has 0 unspecified atom stereocenters. The molecule has 3 N–H and O–H groups in total. The lowest BCUT2D eigenvalue weighted by Gasteiger charge is -2.19. The monoisotopic (exact) mass is 436 g/mol. The number of nitrogens with zero attached hydrogens (tertiary/aromatic N) is 4. The van der Waals surface area contributed by atoms with Gasteiger partial charge in [-0.25, -0.2) is 4.98 Å². The smallest absolute Gasteiger partial charge is 0.317 e. The summed E-state index contributed by atoms with van der Waals surface area (Å²) in [5.74, 6) is 0.423. The first-order valence-corrected chi connectivity index (χ1v) is 10.4. The number of carboxylic acid groups (broad SMARTS) is 1. The third-order valence-electron chi connectivity index (χ3n) is 4.98. The van der Waals surface area contributed by atoms with Crippen molar-refractivity contribution in [3.05, 3.63) is 60.3 Å². The Morgan fingerprint density at radius 2 is 1.94 bits per heavy atom. The topological polar surface area (TPSA) is 93.6 Å². The van der Waals surface area contributed by atoms with Gasteiger partial charge in [-0.3, -0.25) is 9.69 Å². The number of benzene rings is 2. The quantitative estimate of drug-likeness (QED) is 0.417. The summed E-state index contributed by atoms with van der Waals surface area (Å²) in [6.07, 6.45) is 1.78. The van der Waals surface area contributed by atoms with Crippen LogP contribution in [0.25, 0.3) is 0 Å². The number of rotatable bonds is 7. The summed E-state index contributed by atoms with van der Waals surface area (Å²) in [5, 5.41) is 15.5. The molecule has 3 aromatic rings. The number of aliphatic carboxylic acids is 1. The summed E-state index contributed by atoms with van der Waals surface area (Å²) in [5.41, 5.74) is 3.77. The van der Waals surface area contributed by atoms with Gasteiger partial charge in [-0.2, -0.15) is 4.98 Å². The summed E-state index contributed by atoms with van der Waals surface area (Å²) >= 11 is 4.38. The molecule has 1 aliphatic heterocycles. The third kappa shape index (κ3) is 5.44. The molecule has 1 aromatic heterocycles. The highest BCUT2D eigenvalue weighted by molar-refractivity contribution is 7.80. The SMILES string of the molecule is Cc1cnc(Nc2ccc(N3CCN(CC(=O)O)C3)cc2)nc1Nc1cccc(S)c1. The first-order valence-electron chi connectivity index (χ1n) is 9.92. The summed E-state index contributed by atoms with van der Waals surface area (Å²) in [6, 6.07) is 15.7. The summed E-state index contributed by atoms with van der Waals surface area (Å²) < 4.78 is 0. The fourth-order valence-corrected chi connectivity index (χ4v) is 3.64. The summed E-state index contributed by atoms with van der Waals surface area (Å²) in [7, 11) is 0. The van der Waals surface area contributed by atoms with E-state index < -0.39 is 5.97 Å². The van der Waals surface area contributed by atoms with Crippen molar-refractivity contribution in [2.45, 2.75) is 11.8 Å². The van der Waals surface area contributed by atoms with Crippen molar-refractivity contribution in [1.82, 2.24) is 14.9 Å². The van der Waals surface area contributed by atoms with Gasteiger partial charge >= 0.3 is 5.97 Å². The van der Waals surface area contributed by atoms with Crippen molar-refractivity contribution in [1.29, 1.82) is 0 Å². The van der Waals surface area contributed by atoms with Crippen molar-refractivity contribution in [2.24, 2.45) is 0 Å². The summed E-state index contributed by atoms with van der Waals surface area (Å²) in [4.78, 5) is 24.8. The number of hydrogen-bond acceptors (Lipinski definition) is 8. The van der Waals surface area contributed by atoms with Crippen molar-refractivity contribution >= 4 is 47.4 Å². The maximum atomic E-state index is 10.9. The highest BCUT2D eigenvalue weighted by atomic mass is 32.1. The number of hydrogen-bond donors (Lipinski definition) is 4. The third-order valence-corrected chi connectivity index (χ3v) is 5.26. The van der Waals surface area contributed by atoms with E-state index in [1.807, 2.05) is 60.4 Å². The van der Waals surface area contributed by atoms with Gasteiger partial charge in [0.2, 0.25) is 5.95 Å². The van der Waals surface area contributed by atoms with Crippen molar-refractivity contribution < 1.29 is 9.90 Å². The number of nitrogens with one attached hydrogen (secondary N) is 2. The van der Waals surface area contributed by atoms with Gasteiger partial charge in [0.1, 0.15) is 5.82 Å². The lowest BCUT2D eigenvalue weighted by Crippen LogP contribution is -2.29. The van der Waals surface area contributed by atoms with Crippen molar-refractivity contribution in [3.63, 3.8) is 0 Å². The second-order valence-electron chi connectivity index (χ2n) is 7.42. The van der Waals surface area contributed by atoms with E-state index in [1.165, 1.54) is 0 Å². The first kappa shape index (κ1) is 21.0. The molecule has 4 rings (SSSR count). The molecular weight excluding hydrogens is 412 g/mol. The zero-order chi connectivity index (χ0) is 21.8. The van der Waals surface area contributed by atoms with Crippen LogP contribution in [0.1, 0.15) is 5.56 Å². The minimum absolute atomic E-state index is 0.0650. The Kier molecular flexibility index (Phi) is 6.24. The maximum absolute atomic E-state index is 10.9. The van der Waals surface area contributed by atoms with Gasteiger partial charge in [0.15, 0.2) is 0 Å². The second-order valence-corrected chi connectivity index (χ2v) is 7.94. The molecule has 0 amide bonds. The molecule has 0 spiro atoms. The predicted octanol–water partition coefficient (Wildman–Crippen LogP) is 3.73. The molecule has 1 saturated heterocycles. The zero-order valence-corrected chi connectivity index (χ0v) is 18.0. The Hall–Kier alpha value is -3.30. The second kappa shape index (κ2) is 9.23. The Balaban J connectivity index is 1.42. The molecule has 2 aromatic carbocycles. The molecule has 1 aliphatic rings. The number of carboxylic acids is 1. The van der Waals surface area contributed by atoms with Crippen LogP contribution in [-0.2, 0) is 4.79 Å². The minimum atomic E-state index is -0.799. The van der Waals surface area contributed by atoms with E-state index in [0.717, 1.165) is 46.4 Å². The highest BCUT2D eigenvalue weighted by Crippen LogP contribution is 2.24. The Morgan fingerprint density at radius 1 is 1.13 bits per heavy atom. The van der Waals surface area contributed by atoms with Crippen LogP contribution in [0.5, 0.6) is 0 Å². The lowest BCUT2D eigenvalue weighted by molar-refractivity contribution is -0.138. The van der Waals surface area contributed by atoms with Crippen LogP contribution in [0, 0.1) is 6.92 Å². The Bertz CT molecular complexity index is 1080. The highest BCUT2D eigenvalue weighted by Gasteiger charge is 2.21. The van der Waals surface area contributed by atoms with E-state index in [0.29, 0.717) is 12.6 Å². The zero-order valence-electron chi connectivity index (χ0n) is 17.1. The van der Waals surface area contributed by atoms with E-state index in [4.69, 9.17) is 5.11 Å². The molecule has 0 saturated carbocycles. The van der Waals surface area contributed by atoms with Crippen LogP contribution in [0.2, 0.25) is 0 Å². The molecule has 0 aliphatic carbocycles. The van der Waals surface area contributed by atoms with Gasteiger partial charge in [-0.05, 0) is 49.4 Å². The van der Waals surface area contributed by atoms with Crippen molar-refractivity contribution in [2.75, 3.05) is 41.8 Å². The van der Waals surface area contributed by atoms with Gasteiger partial charge in [-0.1, -0.05) is 6.07 Å². The average molecular weight is 437 g/mol. The first-order chi connectivity index (χ1) is 15.0. The molecular formula is C22H24N6O2S. The van der Waals surface area contributed by atoms with Gasteiger partial charge < -0.3 is 20.6 Å². The molecule has 31 heavy (non-hydrogen) atoms. The van der Waals surface area contributed by atoms with Gasteiger partial charge in [0.05, 0.1) is 13.2 Å². The number of carbonyl (C=O) groups is 1. The molecule has 160 valence electrons. The molecule has 8 nitrogen and oxygen atoms in total. The van der Waals surface area contributed by atoms with E-state index in [-0.39, 0.29) is 6.54 Å². The van der Waals surface area contributed by atoms with Crippen LogP contribution < -0.4 is 15.5 Å². The minimum Gasteiger partial charge on any atom is -0.480 e. The summed E-state index contributed by atoms with van der Waals surface area (Å²) in [6.45, 7) is 4.19. The van der Waals surface area contributed by atoms with Crippen molar-refractivity contribution in [3.8, 4) is 0 Å². The molecule has 0 atom stereocenters. The van der Waals surface area contributed by atoms with Gasteiger partial charge in [-0.15, -0.1) is 12.6 Å². The van der Waals surface area contributed by atoms with E-state index in [2.05, 4.69) is 38.1 Å². The van der Waals surface area contributed by atoms with Crippen LogP contribution in [0.15, 0.2) is 59.6 Å². The maximum Gasteiger partial charge on any atom is 0.317 e. The molecule has 0 bridgehead atoms. The lowest BCUT2D eigenvalue weighted by atomic mass is 10.2. The fraction of sp³-hybridized carbons (Fsp3) is 0.227. The largest absolute Gasteiger partial charge is 0.480 e. The average Bonchev–Trinajstić information content (AvgIpc) is 3.19. The van der Waals surface area contributed by atoms with Gasteiger partial charge in [0, 0.05) is 46.8 Å². The molecule has 2 heterocycles. The Labute approximate surface area is 186 Å². The van der Waals surface area contributed by atoms with Crippen LogP contribution in [-0.4, -0.2) is 52.2 Å². The Morgan fingerprint density at radius 3 is 2.68 bits per heavy atom.